The summed E-state index contributed by atoms with van der Waals surface area (Å²) in [7, 11) is -1.60. The molecule has 0 heterocycles. The molecule has 0 spiro atoms. The van der Waals surface area contributed by atoms with Crippen LogP contribution >= 0.6 is 0 Å². The highest BCUT2D eigenvalue weighted by molar-refractivity contribution is 6.73. The van der Waals surface area contributed by atoms with E-state index in [-0.39, 0.29) is 12.7 Å². The molecule has 0 aliphatic carbocycles. The SMILES string of the molecule is C=C/C=C/[C@H](CO)O[Si](CC)(CC)CC. The van der Waals surface area contributed by atoms with Gasteiger partial charge in [-0.05, 0) is 18.1 Å². The van der Waals surface area contributed by atoms with Crippen LogP contribution in [0.4, 0.5) is 0 Å². The Labute approximate surface area is 94.8 Å². The highest BCUT2D eigenvalue weighted by Gasteiger charge is 2.30. The molecule has 0 radical (unpaired) electrons. The third kappa shape index (κ3) is 4.78. The molecule has 0 bridgehead atoms. The molecule has 0 unspecified atom stereocenters. The van der Waals surface area contributed by atoms with Crippen LogP contribution in [0.2, 0.25) is 18.1 Å². The average molecular weight is 228 g/mol. The molecule has 1 N–H and O–H groups in total. The van der Waals surface area contributed by atoms with Crippen LogP contribution in [-0.2, 0) is 4.43 Å². The maximum absolute atomic E-state index is 9.21. The van der Waals surface area contributed by atoms with Crippen molar-refractivity contribution in [2.75, 3.05) is 6.61 Å². The molecular weight excluding hydrogens is 204 g/mol. The lowest BCUT2D eigenvalue weighted by molar-refractivity contribution is 0.140. The number of hydrogen-bond acceptors (Lipinski definition) is 2. The predicted octanol–water partition coefficient (Wildman–Crippen LogP) is 3.11. The molecule has 2 nitrogen and oxygen atoms in total. The van der Waals surface area contributed by atoms with Gasteiger partial charge >= 0.3 is 0 Å². The second-order valence-electron chi connectivity index (χ2n) is 3.70. The molecule has 0 amide bonds. The maximum Gasteiger partial charge on any atom is 0.192 e. The highest BCUT2D eigenvalue weighted by Crippen LogP contribution is 2.23. The van der Waals surface area contributed by atoms with Gasteiger partial charge in [-0.1, -0.05) is 45.6 Å². The van der Waals surface area contributed by atoms with E-state index in [4.69, 9.17) is 4.43 Å². The van der Waals surface area contributed by atoms with Crippen molar-refractivity contribution in [1.29, 1.82) is 0 Å². The smallest absolute Gasteiger partial charge is 0.192 e. The quantitative estimate of drug-likeness (QED) is 0.511. The van der Waals surface area contributed by atoms with Crippen molar-refractivity contribution in [3.8, 4) is 0 Å². The summed E-state index contributed by atoms with van der Waals surface area (Å²) >= 11 is 0. The summed E-state index contributed by atoms with van der Waals surface area (Å²) in [6.45, 7) is 10.2. The predicted molar refractivity (Wildman–Crippen MR) is 68.5 cm³/mol. The van der Waals surface area contributed by atoms with E-state index in [1.54, 1.807) is 6.08 Å². The summed E-state index contributed by atoms with van der Waals surface area (Å²) in [5.41, 5.74) is 0. The average Bonchev–Trinajstić information content (AvgIpc) is 2.30. The Kier molecular flexibility index (Phi) is 7.65. The van der Waals surface area contributed by atoms with Gasteiger partial charge in [-0.25, -0.2) is 0 Å². The Morgan fingerprint density at radius 1 is 1.27 bits per heavy atom. The summed E-state index contributed by atoms with van der Waals surface area (Å²) in [6.07, 6.45) is 5.27. The van der Waals surface area contributed by atoms with Crippen molar-refractivity contribution >= 4 is 8.32 Å². The van der Waals surface area contributed by atoms with Crippen molar-refractivity contribution in [3.05, 3.63) is 24.8 Å². The van der Waals surface area contributed by atoms with Gasteiger partial charge in [0.05, 0.1) is 12.7 Å². The second-order valence-corrected chi connectivity index (χ2v) is 8.43. The lowest BCUT2D eigenvalue weighted by Crippen LogP contribution is -2.40. The van der Waals surface area contributed by atoms with E-state index >= 15 is 0 Å². The molecule has 0 fully saturated rings. The number of hydrogen-bond donors (Lipinski definition) is 1. The molecular formula is C12H24O2Si. The first-order valence-corrected chi connectivity index (χ1v) is 8.28. The van der Waals surface area contributed by atoms with Gasteiger partial charge in [0.1, 0.15) is 0 Å². The number of aliphatic hydroxyl groups is 1. The van der Waals surface area contributed by atoms with Crippen LogP contribution in [0.5, 0.6) is 0 Å². The molecule has 0 aromatic heterocycles. The fourth-order valence-corrected chi connectivity index (χ4v) is 4.46. The zero-order chi connectivity index (χ0) is 11.7. The Balaban J connectivity index is 4.47. The molecule has 1 atom stereocenters. The van der Waals surface area contributed by atoms with Gasteiger partial charge in [-0.15, -0.1) is 0 Å². The first-order valence-electron chi connectivity index (χ1n) is 5.75. The minimum Gasteiger partial charge on any atom is -0.408 e. The fourth-order valence-electron chi connectivity index (χ4n) is 1.66. The topological polar surface area (TPSA) is 29.5 Å². The molecule has 15 heavy (non-hydrogen) atoms. The summed E-state index contributed by atoms with van der Waals surface area (Å²) < 4.78 is 6.09. The van der Waals surface area contributed by atoms with E-state index in [1.807, 2.05) is 12.2 Å². The number of rotatable bonds is 8. The third-order valence-corrected chi connectivity index (χ3v) is 7.64. The molecule has 0 aromatic rings. The third-order valence-electron chi connectivity index (χ3n) is 2.98. The Morgan fingerprint density at radius 3 is 2.13 bits per heavy atom. The molecule has 88 valence electrons. The van der Waals surface area contributed by atoms with Gasteiger partial charge in [-0.3, -0.25) is 0 Å². The van der Waals surface area contributed by atoms with Crippen LogP contribution in [0.3, 0.4) is 0 Å². The zero-order valence-electron chi connectivity index (χ0n) is 10.2. The van der Waals surface area contributed by atoms with Crippen LogP contribution in [0.15, 0.2) is 24.8 Å². The van der Waals surface area contributed by atoms with Crippen molar-refractivity contribution < 1.29 is 9.53 Å². The van der Waals surface area contributed by atoms with E-state index in [2.05, 4.69) is 27.4 Å². The normalized spacial score (nSPS) is 14.4. The summed E-state index contributed by atoms with van der Waals surface area (Å²) in [5.74, 6) is 0. The highest BCUT2D eigenvalue weighted by atomic mass is 28.4. The number of aliphatic hydroxyl groups excluding tert-OH is 1. The van der Waals surface area contributed by atoms with Crippen LogP contribution in [0.25, 0.3) is 0 Å². The summed E-state index contributed by atoms with van der Waals surface area (Å²) in [6, 6.07) is 3.33. The van der Waals surface area contributed by atoms with E-state index in [0.717, 1.165) is 18.1 Å². The molecule has 0 saturated carbocycles. The first kappa shape index (κ1) is 14.6. The Bertz CT molecular complexity index is 190. The van der Waals surface area contributed by atoms with Crippen LogP contribution < -0.4 is 0 Å². The van der Waals surface area contributed by atoms with Crippen molar-refractivity contribution in [2.45, 2.75) is 45.0 Å². The van der Waals surface area contributed by atoms with E-state index in [1.165, 1.54) is 0 Å². The van der Waals surface area contributed by atoms with Gasteiger partial charge in [0.2, 0.25) is 0 Å². The van der Waals surface area contributed by atoms with E-state index in [9.17, 15) is 5.11 Å². The maximum atomic E-state index is 9.21. The monoisotopic (exact) mass is 228 g/mol. The summed E-state index contributed by atoms with van der Waals surface area (Å²) in [5, 5.41) is 9.21. The van der Waals surface area contributed by atoms with Gasteiger partial charge in [0.15, 0.2) is 8.32 Å². The van der Waals surface area contributed by atoms with Crippen molar-refractivity contribution in [3.63, 3.8) is 0 Å². The standard InChI is InChI=1S/C12H24O2Si/c1-5-9-10-12(11-13)14-15(6-2,7-3)8-4/h5,9-10,12-13H,1,6-8,11H2,2-4H3/b10-9+/t12-/m1/s1. The van der Waals surface area contributed by atoms with Gasteiger partial charge in [0.25, 0.3) is 0 Å². The van der Waals surface area contributed by atoms with Gasteiger partial charge in [0, 0.05) is 0 Å². The fraction of sp³-hybridized carbons (Fsp3) is 0.667. The minimum absolute atomic E-state index is 0.0547. The molecule has 0 saturated heterocycles. The van der Waals surface area contributed by atoms with Crippen LogP contribution in [0.1, 0.15) is 20.8 Å². The van der Waals surface area contributed by atoms with Crippen LogP contribution in [0, 0.1) is 0 Å². The van der Waals surface area contributed by atoms with Crippen molar-refractivity contribution in [1.82, 2.24) is 0 Å². The Hall–Kier alpha value is -0.383. The van der Waals surface area contributed by atoms with Crippen LogP contribution in [-0.4, -0.2) is 26.1 Å². The molecule has 0 aromatic carbocycles. The summed E-state index contributed by atoms with van der Waals surface area (Å²) in [4.78, 5) is 0. The molecule has 0 aliphatic heterocycles. The number of allylic oxidation sites excluding steroid dienone is 2. The lowest BCUT2D eigenvalue weighted by Gasteiger charge is -2.31. The first-order chi connectivity index (χ1) is 7.17. The molecule has 0 rings (SSSR count). The van der Waals surface area contributed by atoms with Crippen molar-refractivity contribution in [2.24, 2.45) is 0 Å². The lowest BCUT2D eigenvalue weighted by atomic mass is 10.3. The zero-order valence-corrected chi connectivity index (χ0v) is 11.2. The van der Waals surface area contributed by atoms with Gasteiger partial charge < -0.3 is 9.53 Å². The largest absolute Gasteiger partial charge is 0.408 e. The van der Waals surface area contributed by atoms with Gasteiger partial charge in [-0.2, -0.15) is 0 Å². The molecule has 3 heteroatoms. The minimum atomic E-state index is -1.60. The Morgan fingerprint density at radius 2 is 1.80 bits per heavy atom. The molecule has 0 aliphatic rings. The van der Waals surface area contributed by atoms with E-state index in [0.29, 0.717) is 0 Å². The second kappa shape index (κ2) is 7.85. The van der Waals surface area contributed by atoms with E-state index < -0.39 is 8.32 Å².